The van der Waals surface area contributed by atoms with Crippen molar-refractivity contribution in [1.82, 2.24) is 5.32 Å². The lowest BCUT2D eigenvalue weighted by Gasteiger charge is -2.05. The molecule has 0 aromatic carbocycles. The highest BCUT2D eigenvalue weighted by Crippen LogP contribution is 1.82. The minimum absolute atomic E-state index is 0.0715. The van der Waals surface area contributed by atoms with Gasteiger partial charge in [0.05, 0.1) is 25.3 Å². The Morgan fingerprint density at radius 2 is 2.33 bits per heavy atom. The minimum Gasteiger partial charge on any atom is -0.394 e. The predicted octanol–water partition coefficient (Wildman–Crippen LogP) is -0.113. The van der Waals surface area contributed by atoms with E-state index in [4.69, 9.17) is 15.1 Å². The average molecular weight is 172 g/mol. The molecule has 0 rings (SSSR count). The summed E-state index contributed by atoms with van der Waals surface area (Å²) in [6.07, 6.45) is 0.867. The van der Waals surface area contributed by atoms with E-state index in [2.05, 4.69) is 11.4 Å². The number of rotatable bonds is 7. The van der Waals surface area contributed by atoms with Crippen LogP contribution in [0.25, 0.3) is 0 Å². The number of aliphatic hydroxyl groups excluding tert-OH is 1. The average Bonchev–Trinajstić information content (AvgIpc) is 2.10. The van der Waals surface area contributed by atoms with Crippen LogP contribution in [0.4, 0.5) is 0 Å². The summed E-state index contributed by atoms with van der Waals surface area (Å²) in [5.74, 6) is 0. The molecule has 1 atom stereocenters. The molecule has 70 valence electrons. The molecule has 0 aliphatic rings. The molecule has 0 saturated carbocycles. The van der Waals surface area contributed by atoms with Gasteiger partial charge in [0.15, 0.2) is 0 Å². The highest BCUT2D eigenvalue weighted by molar-refractivity contribution is 4.84. The highest BCUT2D eigenvalue weighted by atomic mass is 16.5. The summed E-state index contributed by atoms with van der Waals surface area (Å²) in [4.78, 5) is 0. The second-order valence-corrected chi connectivity index (χ2v) is 2.49. The van der Waals surface area contributed by atoms with Gasteiger partial charge in [0.2, 0.25) is 0 Å². The third kappa shape index (κ3) is 7.48. The van der Waals surface area contributed by atoms with Crippen LogP contribution in [-0.4, -0.2) is 37.5 Å². The Hall–Kier alpha value is -0.630. The largest absolute Gasteiger partial charge is 0.394 e. The van der Waals surface area contributed by atoms with Crippen LogP contribution in [0, 0.1) is 11.3 Å². The maximum absolute atomic E-state index is 8.40. The van der Waals surface area contributed by atoms with Crippen molar-refractivity contribution in [2.45, 2.75) is 19.4 Å². The van der Waals surface area contributed by atoms with E-state index in [0.717, 1.165) is 13.0 Å². The molecule has 4 heteroatoms. The van der Waals surface area contributed by atoms with E-state index in [0.29, 0.717) is 13.2 Å². The van der Waals surface area contributed by atoms with Gasteiger partial charge in [0.1, 0.15) is 0 Å². The van der Waals surface area contributed by atoms with E-state index in [-0.39, 0.29) is 12.6 Å². The number of hydrogen-bond acceptors (Lipinski definition) is 4. The fourth-order valence-corrected chi connectivity index (χ4v) is 0.705. The fraction of sp³-hybridized carbons (Fsp3) is 0.875. The van der Waals surface area contributed by atoms with Gasteiger partial charge in [-0.15, -0.1) is 0 Å². The topological polar surface area (TPSA) is 65.3 Å². The van der Waals surface area contributed by atoms with Crippen LogP contribution in [0.3, 0.4) is 0 Å². The van der Waals surface area contributed by atoms with Crippen molar-refractivity contribution in [1.29, 1.82) is 5.26 Å². The lowest BCUT2D eigenvalue weighted by Crippen LogP contribution is -2.26. The lowest BCUT2D eigenvalue weighted by molar-refractivity contribution is 0.0906. The second kappa shape index (κ2) is 8.47. The van der Waals surface area contributed by atoms with Crippen LogP contribution in [0.5, 0.6) is 0 Å². The third-order valence-electron chi connectivity index (χ3n) is 1.35. The van der Waals surface area contributed by atoms with Crippen molar-refractivity contribution in [3.05, 3.63) is 0 Å². The van der Waals surface area contributed by atoms with E-state index >= 15 is 0 Å². The molecule has 0 radical (unpaired) electrons. The Labute approximate surface area is 73.1 Å². The van der Waals surface area contributed by atoms with Gasteiger partial charge in [-0.25, -0.2) is 0 Å². The lowest BCUT2D eigenvalue weighted by atomic mass is 10.3. The van der Waals surface area contributed by atoms with Crippen molar-refractivity contribution < 1.29 is 9.84 Å². The van der Waals surface area contributed by atoms with Gasteiger partial charge in [-0.3, -0.25) is 0 Å². The Kier molecular flexibility index (Phi) is 8.02. The first-order chi connectivity index (χ1) is 5.81. The summed E-state index contributed by atoms with van der Waals surface area (Å²) in [5, 5.41) is 19.8. The molecular weight excluding hydrogens is 156 g/mol. The van der Waals surface area contributed by atoms with Crippen LogP contribution in [-0.2, 0) is 4.74 Å². The van der Waals surface area contributed by atoms with Crippen LogP contribution in [0.1, 0.15) is 13.3 Å². The molecule has 0 fully saturated rings. The molecule has 4 nitrogen and oxygen atoms in total. The highest BCUT2D eigenvalue weighted by Gasteiger charge is 1.95. The van der Waals surface area contributed by atoms with Gasteiger partial charge >= 0.3 is 0 Å². The summed E-state index contributed by atoms with van der Waals surface area (Å²) in [6, 6.07) is 1.98. The molecule has 0 amide bonds. The predicted molar refractivity (Wildman–Crippen MR) is 45.6 cm³/mol. The van der Waals surface area contributed by atoms with E-state index < -0.39 is 0 Å². The fourth-order valence-electron chi connectivity index (χ4n) is 0.705. The van der Waals surface area contributed by atoms with Crippen LogP contribution in [0.15, 0.2) is 0 Å². The number of nitrogens with one attached hydrogen (secondary N) is 1. The molecule has 12 heavy (non-hydrogen) atoms. The summed E-state index contributed by atoms with van der Waals surface area (Å²) in [6.45, 7) is 3.69. The number of ether oxygens (including phenoxy) is 1. The van der Waals surface area contributed by atoms with Crippen LogP contribution < -0.4 is 5.32 Å². The quantitative estimate of drug-likeness (QED) is 0.526. The van der Waals surface area contributed by atoms with Crippen molar-refractivity contribution in [3.8, 4) is 6.07 Å². The molecule has 1 unspecified atom stereocenters. The van der Waals surface area contributed by atoms with Gasteiger partial charge in [-0.1, -0.05) is 0 Å². The van der Waals surface area contributed by atoms with E-state index in [1.165, 1.54) is 0 Å². The molecule has 2 N–H and O–H groups in total. The summed E-state index contributed by atoms with van der Waals surface area (Å²) in [5.41, 5.74) is 0. The molecule has 0 saturated heterocycles. The number of aliphatic hydroxyl groups is 1. The molecule has 0 spiro atoms. The van der Waals surface area contributed by atoms with E-state index in [1.54, 1.807) is 0 Å². The smallest absolute Gasteiger partial charge is 0.0924 e. The SMILES string of the molecule is CC(C#N)NCCCOCCO. The first-order valence-corrected chi connectivity index (χ1v) is 4.13. The molecule has 0 aliphatic heterocycles. The van der Waals surface area contributed by atoms with Gasteiger partial charge in [-0.2, -0.15) is 5.26 Å². The summed E-state index contributed by atoms with van der Waals surface area (Å²) < 4.78 is 5.03. The molecule has 0 bridgehead atoms. The normalized spacial score (nSPS) is 12.4. The summed E-state index contributed by atoms with van der Waals surface area (Å²) in [7, 11) is 0. The van der Waals surface area contributed by atoms with Gasteiger partial charge in [0, 0.05) is 6.61 Å². The number of nitrogens with zero attached hydrogens (tertiary/aromatic N) is 1. The van der Waals surface area contributed by atoms with E-state index in [9.17, 15) is 0 Å². The maximum Gasteiger partial charge on any atom is 0.0924 e. The maximum atomic E-state index is 8.40. The van der Waals surface area contributed by atoms with E-state index in [1.807, 2.05) is 6.92 Å². The van der Waals surface area contributed by atoms with Crippen molar-refractivity contribution in [2.24, 2.45) is 0 Å². The zero-order valence-corrected chi connectivity index (χ0v) is 7.42. The second-order valence-electron chi connectivity index (χ2n) is 2.49. The minimum atomic E-state index is -0.0946. The number of hydrogen-bond donors (Lipinski definition) is 2. The molecular formula is C8H16N2O2. The van der Waals surface area contributed by atoms with Crippen molar-refractivity contribution >= 4 is 0 Å². The van der Waals surface area contributed by atoms with Gasteiger partial charge in [0.25, 0.3) is 0 Å². The monoisotopic (exact) mass is 172 g/mol. The Balaban J connectivity index is 2.96. The first kappa shape index (κ1) is 11.4. The van der Waals surface area contributed by atoms with Crippen LogP contribution in [0.2, 0.25) is 0 Å². The Morgan fingerprint density at radius 1 is 1.58 bits per heavy atom. The van der Waals surface area contributed by atoms with Gasteiger partial charge < -0.3 is 15.2 Å². The zero-order chi connectivity index (χ0) is 9.23. The summed E-state index contributed by atoms with van der Waals surface area (Å²) >= 11 is 0. The first-order valence-electron chi connectivity index (χ1n) is 4.13. The molecule has 0 aromatic rings. The Morgan fingerprint density at radius 3 is 2.92 bits per heavy atom. The van der Waals surface area contributed by atoms with Crippen LogP contribution >= 0.6 is 0 Å². The number of nitriles is 1. The van der Waals surface area contributed by atoms with Gasteiger partial charge in [-0.05, 0) is 19.9 Å². The molecule has 0 aliphatic carbocycles. The Bertz CT molecular complexity index is 134. The standard InChI is InChI=1S/C8H16N2O2/c1-8(7-9)10-3-2-5-12-6-4-11/h8,10-11H,2-6H2,1H3. The molecule has 0 heterocycles. The van der Waals surface area contributed by atoms with Crippen molar-refractivity contribution in [3.63, 3.8) is 0 Å². The third-order valence-corrected chi connectivity index (χ3v) is 1.35. The molecule has 0 aromatic heterocycles. The van der Waals surface area contributed by atoms with Crippen molar-refractivity contribution in [2.75, 3.05) is 26.4 Å². The zero-order valence-electron chi connectivity index (χ0n) is 7.42.